The van der Waals surface area contributed by atoms with Gasteiger partial charge in [0.15, 0.2) is 6.10 Å². The Morgan fingerprint density at radius 2 is 1.71 bits per heavy atom. The summed E-state index contributed by atoms with van der Waals surface area (Å²) in [4.78, 5) is 11.4. The quantitative estimate of drug-likeness (QED) is 0.411. The van der Waals surface area contributed by atoms with Gasteiger partial charge in [-0.2, -0.15) is 0 Å². The summed E-state index contributed by atoms with van der Waals surface area (Å²) in [5, 5.41) is 0. The lowest BCUT2D eigenvalue weighted by Crippen LogP contribution is -3.00. The third-order valence-electron chi connectivity index (χ3n) is 4.23. The minimum atomic E-state index is -0.194. The minimum Gasteiger partial charge on any atom is -1.00 e. The molecule has 3 nitrogen and oxygen atoms in total. The Bertz CT molecular complexity index is 428. The number of hydrogen-bond donors (Lipinski definition) is 0. The van der Waals surface area contributed by atoms with E-state index in [1.807, 2.05) is 18.2 Å². The van der Waals surface area contributed by atoms with E-state index in [1.165, 1.54) is 45.7 Å². The van der Waals surface area contributed by atoms with Gasteiger partial charge in [-0.1, -0.05) is 30.3 Å². The first kappa shape index (κ1) is 18.4. The van der Waals surface area contributed by atoms with Gasteiger partial charge in [-0.05, 0) is 31.2 Å². The van der Waals surface area contributed by atoms with Crippen molar-refractivity contribution in [2.45, 2.75) is 38.7 Å². The number of halogens is 1. The fourth-order valence-electron chi connectivity index (χ4n) is 3.11. The second-order valence-electron chi connectivity index (χ2n) is 6.17. The van der Waals surface area contributed by atoms with Crippen molar-refractivity contribution in [1.29, 1.82) is 0 Å². The summed E-state index contributed by atoms with van der Waals surface area (Å²) in [5.41, 5.74) is 1.10. The molecule has 21 heavy (non-hydrogen) atoms. The summed E-state index contributed by atoms with van der Waals surface area (Å²) in [6.07, 6.45) is 5.09. The first-order valence-electron chi connectivity index (χ1n) is 7.65. The highest BCUT2D eigenvalue weighted by Crippen LogP contribution is 2.25. The Balaban J connectivity index is 0.00000220. The number of benzene rings is 1. The predicted molar refractivity (Wildman–Crippen MR) is 80.2 cm³/mol. The molecule has 1 heterocycles. The van der Waals surface area contributed by atoms with Crippen LogP contribution in [0.1, 0.15) is 44.3 Å². The lowest BCUT2D eigenvalue weighted by Gasteiger charge is -2.36. The van der Waals surface area contributed by atoms with Gasteiger partial charge in [0.05, 0.1) is 20.1 Å². The van der Waals surface area contributed by atoms with Crippen molar-refractivity contribution in [2.24, 2.45) is 0 Å². The van der Waals surface area contributed by atoms with Gasteiger partial charge in [-0.3, -0.25) is 4.79 Å². The third kappa shape index (κ3) is 5.94. The minimum absolute atomic E-state index is 0. The molecule has 1 aromatic rings. The fraction of sp³-hybridized carbons (Fsp3) is 0.588. The van der Waals surface area contributed by atoms with Gasteiger partial charge in [-0.15, -0.1) is 0 Å². The van der Waals surface area contributed by atoms with Crippen LogP contribution in [0.2, 0.25) is 0 Å². The van der Waals surface area contributed by atoms with Gasteiger partial charge < -0.3 is 33.2 Å². The number of carbonyl (C=O) groups excluding carboxylic acids is 1. The average Bonchev–Trinajstić information content (AvgIpc) is 2.63. The first-order valence-corrected chi connectivity index (χ1v) is 7.65. The Hall–Kier alpha value is -0.620. The van der Waals surface area contributed by atoms with Crippen molar-refractivity contribution in [3.8, 4) is 0 Å². The van der Waals surface area contributed by atoms with E-state index in [9.17, 15) is 4.79 Å². The summed E-state index contributed by atoms with van der Waals surface area (Å²) >= 11 is 0. The Morgan fingerprint density at radius 3 is 2.24 bits per heavy atom. The lowest BCUT2D eigenvalue weighted by atomic mass is 10.1. The first-order chi connectivity index (χ1) is 9.59. The summed E-state index contributed by atoms with van der Waals surface area (Å²) in [7, 11) is 2.30. The van der Waals surface area contributed by atoms with Gasteiger partial charge in [0.25, 0.3) is 0 Å². The van der Waals surface area contributed by atoms with Crippen molar-refractivity contribution in [1.82, 2.24) is 0 Å². The molecule has 0 radical (unpaired) electrons. The maximum absolute atomic E-state index is 11.4. The average molecular weight is 403 g/mol. The van der Waals surface area contributed by atoms with E-state index >= 15 is 0 Å². The van der Waals surface area contributed by atoms with Gasteiger partial charge in [0.2, 0.25) is 0 Å². The van der Waals surface area contributed by atoms with Crippen molar-refractivity contribution < 1.29 is 38.0 Å². The standard InChI is InChI=1S/C17H26NO2.HI/c1-15(19)20-17(16-10-6-5-7-11-16)14-18(2)12-8-3-4-9-13-18;/h5-7,10-11,17H,3-4,8-9,12-14H2,1-2H3;1H/q+1;/p-1. The zero-order valence-electron chi connectivity index (χ0n) is 13.1. The molecule has 1 unspecified atom stereocenters. The van der Waals surface area contributed by atoms with Gasteiger partial charge >= 0.3 is 5.97 Å². The van der Waals surface area contributed by atoms with Crippen LogP contribution in [0.15, 0.2) is 30.3 Å². The second-order valence-corrected chi connectivity index (χ2v) is 6.17. The number of quaternary nitrogens is 1. The maximum Gasteiger partial charge on any atom is 0.303 e. The van der Waals surface area contributed by atoms with E-state index in [4.69, 9.17) is 4.74 Å². The van der Waals surface area contributed by atoms with Crippen molar-refractivity contribution in [3.63, 3.8) is 0 Å². The molecule has 0 bridgehead atoms. The van der Waals surface area contributed by atoms with Crippen LogP contribution >= 0.6 is 0 Å². The van der Waals surface area contributed by atoms with Gasteiger partial charge in [-0.25, -0.2) is 0 Å². The second kappa shape index (κ2) is 8.73. The van der Waals surface area contributed by atoms with Crippen molar-refractivity contribution in [3.05, 3.63) is 35.9 Å². The van der Waals surface area contributed by atoms with E-state index in [1.54, 1.807) is 0 Å². The number of ether oxygens (including phenoxy) is 1. The summed E-state index contributed by atoms with van der Waals surface area (Å²) < 4.78 is 6.60. The molecule has 4 heteroatoms. The lowest BCUT2D eigenvalue weighted by molar-refractivity contribution is -0.912. The molecule has 1 saturated heterocycles. The van der Waals surface area contributed by atoms with Crippen LogP contribution in [0, 0.1) is 0 Å². The van der Waals surface area contributed by atoms with E-state index in [-0.39, 0.29) is 36.0 Å². The van der Waals surface area contributed by atoms with E-state index in [0.29, 0.717) is 0 Å². The Labute approximate surface area is 145 Å². The molecule has 2 rings (SSSR count). The molecule has 1 aromatic carbocycles. The molecule has 0 N–H and O–H groups in total. The molecule has 0 amide bonds. The molecule has 118 valence electrons. The highest BCUT2D eigenvalue weighted by molar-refractivity contribution is 5.66. The monoisotopic (exact) mass is 403 g/mol. The zero-order valence-corrected chi connectivity index (χ0v) is 15.2. The molecule has 1 aliphatic rings. The molecule has 1 fully saturated rings. The van der Waals surface area contributed by atoms with Crippen LogP contribution in [0.3, 0.4) is 0 Å². The predicted octanol–water partition coefficient (Wildman–Crippen LogP) is 0.315. The molecular weight excluding hydrogens is 377 g/mol. The molecule has 0 aromatic heterocycles. The third-order valence-corrected chi connectivity index (χ3v) is 4.23. The van der Waals surface area contributed by atoms with Crippen LogP contribution in [-0.2, 0) is 9.53 Å². The maximum atomic E-state index is 11.4. The molecule has 0 spiro atoms. The van der Waals surface area contributed by atoms with E-state index in [2.05, 4.69) is 19.2 Å². The number of likely N-dealkylation sites (N-methyl/N-ethyl adjacent to an activating group) is 1. The SMILES string of the molecule is CC(=O)OC(C[N+]1(C)CCCCCC1)c1ccccc1.[I-]. The molecule has 0 saturated carbocycles. The number of nitrogens with zero attached hydrogens (tertiary/aromatic N) is 1. The largest absolute Gasteiger partial charge is 1.00 e. The van der Waals surface area contributed by atoms with Crippen LogP contribution in [0.25, 0.3) is 0 Å². The van der Waals surface area contributed by atoms with E-state index < -0.39 is 0 Å². The number of carbonyl (C=O) groups is 1. The molecular formula is C17H26INO2. The van der Waals surface area contributed by atoms with Crippen LogP contribution < -0.4 is 24.0 Å². The smallest absolute Gasteiger partial charge is 0.303 e. The summed E-state index contributed by atoms with van der Waals surface area (Å²) in [5.74, 6) is -0.194. The van der Waals surface area contributed by atoms with Crippen LogP contribution in [0.4, 0.5) is 0 Å². The topological polar surface area (TPSA) is 26.3 Å². The Kier molecular flexibility index (Phi) is 7.66. The van der Waals surface area contributed by atoms with Crippen molar-refractivity contribution >= 4 is 5.97 Å². The zero-order chi connectivity index (χ0) is 14.4. The number of hydrogen-bond acceptors (Lipinski definition) is 2. The van der Waals surface area contributed by atoms with Crippen LogP contribution in [0.5, 0.6) is 0 Å². The van der Waals surface area contributed by atoms with Crippen LogP contribution in [-0.4, -0.2) is 37.1 Å². The van der Waals surface area contributed by atoms with E-state index in [0.717, 1.165) is 16.6 Å². The van der Waals surface area contributed by atoms with Gasteiger partial charge in [0, 0.05) is 6.92 Å². The number of rotatable bonds is 4. The molecule has 1 atom stereocenters. The molecule has 1 aliphatic heterocycles. The van der Waals surface area contributed by atoms with Gasteiger partial charge in [0.1, 0.15) is 6.54 Å². The number of esters is 1. The summed E-state index contributed by atoms with van der Waals surface area (Å²) in [6.45, 7) is 4.75. The number of likely N-dealkylation sites (tertiary alicyclic amines) is 1. The fourth-order valence-corrected chi connectivity index (χ4v) is 3.11. The molecule has 0 aliphatic carbocycles. The Morgan fingerprint density at radius 1 is 1.14 bits per heavy atom. The highest BCUT2D eigenvalue weighted by Gasteiger charge is 2.30. The van der Waals surface area contributed by atoms with Crippen molar-refractivity contribution in [2.75, 3.05) is 26.7 Å². The highest BCUT2D eigenvalue weighted by atomic mass is 127. The summed E-state index contributed by atoms with van der Waals surface area (Å²) in [6, 6.07) is 10.1. The normalized spacial score (nSPS) is 19.0.